The van der Waals surface area contributed by atoms with E-state index in [1.54, 1.807) is 0 Å². The molecule has 0 aliphatic carbocycles. The van der Waals surface area contributed by atoms with Gasteiger partial charge in [-0.05, 0) is 32.6 Å². The molecule has 0 spiro atoms. The fraction of sp³-hybridized carbons (Fsp3) is 0.545. The maximum Gasteiger partial charge on any atom is 0.126 e. The summed E-state index contributed by atoms with van der Waals surface area (Å²) in [5, 5.41) is 5.29. The zero-order valence-corrected chi connectivity index (χ0v) is 11.2. The Morgan fingerprint density at radius 2 is 2.24 bits per heavy atom. The van der Waals surface area contributed by atoms with Crippen molar-refractivity contribution < 1.29 is 4.28 Å². The number of rotatable bonds is 5. The summed E-state index contributed by atoms with van der Waals surface area (Å²) in [4.78, 5) is 4.32. The highest BCUT2D eigenvalue weighted by molar-refractivity contribution is 7.92. The highest BCUT2D eigenvalue weighted by Gasteiger charge is 2.28. The molecule has 0 unspecified atom stereocenters. The van der Waals surface area contributed by atoms with E-state index in [1.807, 2.05) is 42.7 Å². The molecule has 0 aromatic carbocycles. The van der Waals surface area contributed by atoms with Crippen LogP contribution in [0.3, 0.4) is 0 Å². The zero-order chi connectivity index (χ0) is 12.3. The van der Waals surface area contributed by atoms with Gasteiger partial charge in [-0.15, -0.1) is 0 Å². The molecule has 0 atom stereocenters. The lowest BCUT2D eigenvalue weighted by atomic mass is 10.2. The van der Waals surface area contributed by atoms with Crippen LogP contribution in [-0.4, -0.2) is 47.6 Å². The molecular weight excluding hydrogens is 236 g/mol. The van der Waals surface area contributed by atoms with Crippen molar-refractivity contribution in [1.29, 1.82) is 0 Å². The predicted octanol–water partition coefficient (Wildman–Crippen LogP) is 1.54. The summed E-state index contributed by atoms with van der Waals surface area (Å²) < 4.78 is 7.36. The molecule has 0 bridgehead atoms. The first-order valence-electron chi connectivity index (χ1n) is 5.60. The van der Waals surface area contributed by atoms with E-state index in [1.165, 1.54) is 17.8 Å². The molecule has 17 heavy (non-hydrogen) atoms. The first kappa shape index (κ1) is 12.6. The van der Waals surface area contributed by atoms with Gasteiger partial charge in [0.25, 0.3) is 0 Å². The third kappa shape index (κ3) is 3.85. The molecule has 1 aliphatic heterocycles. The van der Waals surface area contributed by atoms with Crippen LogP contribution in [0.4, 0.5) is 5.82 Å². The van der Waals surface area contributed by atoms with E-state index < -0.39 is 0 Å². The molecule has 1 saturated heterocycles. The minimum atomic E-state index is 0.424. The van der Waals surface area contributed by atoms with Crippen molar-refractivity contribution in [3.63, 3.8) is 0 Å². The maximum atomic E-state index is 5.44. The van der Waals surface area contributed by atoms with Gasteiger partial charge in [0.1, 0.15) is 18.0 Å². The molecule has 0 saturated carbocycles. The number of hydrogen-bond donors (Lipinski definition) is 1. The van der Waals surface area contributed by atoms with Gasteiger partial charge in [0.2, 0.25) is 0 Å². The Balaban J connectivity index is 1.68. The van der Waals surface area contributed by atoms with Crippen LogP contribution < -0.4 is 5.32 Å². The Labute approximate surface area is 106 Å². The van der Waals surface area contributed by atoms with Gasteiger partial charge in [0, 0.05) is 19.3 Å². The Hall–Kier alpha value is -0.820. The fourth-order valence-corrected chi connectivity index (χ4v) is 1.82. The summed E-state index contributed by atoms with van der Waals surface area (Å²) in [6.07, 6.45) is 1.87. The topological polar surface area (TPSA) is 40.6 Å². The molecule has 1 aromatic heterocycles. The van der Waals surface area contributed by atoms with Crippen LogP contribution in [0.1, 0.15) is 5.56 Å². The van der Waals surface area contributed by atoms with Gasteiger partial charge in [-0.1, -0.05) is 6.07 Å². The van der Waals surface area contributed by atoms with Crippen molar-refractivity contribution in [3.8, 4) is 0 Å². The molecule has 0 radical (unpaired) electrons. The van der Waals surface area contributed by atoms with Crippen LogP contribution in [0, 0.1) is 6.92 Å². The average molecular weight is 254 g/mol. The molecule has 1 aromatic rings. The van der Waals surface area contributed by atoms with E-state index in [-0.39, 0.29) is 0 Å². The molecule has 1 fully saturated rings. The smallest absolute Gasteiger partial charge is 0.126 e. The van der Waals surface area contributed by atoms with Crippen molar-refractivity contribution >= 4 is 18.0 Å². The zero-order valence-electron chi connectivity index (χ0n) is 10.4. The summed E-state index contributed by atoms with van der Waals surface area (Å²) in [7, 11) is 3.91. The SMILES string of the molecule is Cc1ccc(NC2CN(OSN(C)C)C2)nc1. The largest absolute Gasteiger partial charge is 0.365 e. The van der Waals surface area contributed by atoms with Gasteiger partial charge in [-0.3, -0.25) is 0 Å². The number of pyridine rings is 1. The Bertz CT molecular complexity index is 351. The minimum absolute atomic E-state index is 0.424. The highest BCUT2D eigenvalue weighted by Crippen LogP contribution is 2.18. The first-order valence-corrected chi connectivity index (χ1v) is 6.29. The summed E-state index contributed by atoms with van der Waals surface area (Å²) in [6.45, 7) is 3.81. The van der Waals surface area contributed by atoms with Crippen molar-refractivity contribution in [1.82, 2.24) is 14.4 Å². The van der Waals surface area contributed by atoms with E-state index in [2.05, 4.69) is 16.4 Å². The van der Waals surface area contributed by atoms with Gasteiger partial charge in [-0.2, -0.15) is 5.06 Å². The number of hydroxylamine groups is 2. The Morgan fingerprint density at radius 3 is 2.82 bits per heavy atom. The van der Waals surface area contributed by atoms with Gasteiger partial charge >= 0.3 is 0 Å². The second-order valence-electron chi connectivity index (χ2n) is 4.37. The molecule has 6 heteroatoms. The second kappa shape index (κ2) is 5.68. The highest BCUT2D eigenvalue weighted by atomic mass is 32.2. The van der Waals surface area contributed by atoms with E-state index in [0.29, 0.717) is 6.04 Å². The lowest BCUT2D eigenvalue weighted by Gasteiger charge is -2.37. The second-order valence-corrected chi connectivity index (χ2v) is 5.40. The van der Waals surface area contributed by atoms with Crippen LogP contribution in [-0.2, 0) is 4.28 Å². The molecule has 1 N–H and O–H groups in total. The van der Waals surface area contributed by atoms with Crippen LogP contribution >= 0.6 is 12.2 Å². The summed E-state index contributed by atoms with van der Waals surface area (Å²) in [5.74, 6) is 0.931. The number of nitrogens with zero attached hydrogens (tertiary/aromatic N) is 3. The molecule has 2 heterocycles. The van der Waals surface area contributed by atoms with E-state index in [0.717, 1.165) is 18.9 Å². The number of aromatic nitrogens is 1. The average Bonchev–Trinajstić information content (AvgIpc) is 2.23. The summed E-state index contributed by atoms with van der Waals surface area (Å²) in [5.41, 5.74) is 1.18. The third-order valence-corrected chi connectivity index (χ3v) is 2.97. The summed E-state index contributed by atoms with van der Waals surface area (Å²) in [6, 6.07) is 4.49. The van der Waals surface area contributed by atoms with Gasteiger partial charge in [-0.25, -0.2) is 13.6 Å². The van der Waals surface area contributed by atoms with Gasteiger partial charge in [0.15, 0.2) is 0 Å². The quantitative estimate of drug-likeness (QED) is 0.635. The van der Waals surface area contributed by atoms with Gasteiger partial charge < -0.3 is 5.32 Å². The number of nitrogens with one attached hydrogen (secondary N) is 1. The fourth-order valence-electron chi connectivity index (χ4n) is 1.47. The predicted molar refractivity (Wildman–Crippen MR) is 70.3 cm³/mol. The standard InChI is InChI=1S/C11H18N4OS/c1-9-4-5-11(12-6-9)13-10-7-15(8-10)16-17-14(2)3/h4-6,10H,7-8H2,1-3H3,(H,12,13). The molecule has 5 nitrogen and oxygen atoms in total. The van der Waals surface area contributed by atoms with E-state index >= 15 is 0 Å². The minimum Gasteiger partial charge on any atom is -0.365 e. The maximum absolute atomic E-state index is 5.44. The third-order valence-electron chi connectivity index (χ3n) is 2.40. The number of aryl methyl sites for hydroxylation is 1. The van der Waals surface area contributed by atoms with Gasteiger partial charge in [0.05, 0.1) is 6.04 Å². The van der Waals surface area contributed by atoms with E-state index in [9.17, 15) is 0 Å². The Morgan fingerprint density at radius 1 is 1.47 bits per heavy atom. The van der Waals surface area contributed by atoms with Crippen molar-refractivity contribution in [2.75, 3.05) is 32.5 Å². The molecule has 94 valence electrons. The Kier molecular flexibility index (Phi) is 4.22. The molecular formula is C11H18N4OS. The first-order chi connectivity index (χ1) is 8.13. The normalized spacial score (nSPS) is 17.2. The van der Waals surface area contributed by atoms with Crippen LogP contribution in [0.15, 0.2) is 18.3 Å². The molecule has 2 rings (SSSR count). The van der Waals surface area contributed by atoms with Crippen molar-refractivity contribution in [3.05, 3.63) is 23.9 Å². The number of hydrogen-bond acceptors (Lipinski definition) is 6. The lowest BCUT2D eigenvalue weighted by molar-refractivity contribution is -0.0991. The van der Waals surface area contributed by atoms with Crippen LogP contribution in [0.25, 0.3) is 0 Å². The van der Waals surface area contributed by atoms with Crippen molar-refractivity contribution in [2.45, 2.75) is 13.0 Å². The van der Waals surface area contributed by atoms with Crippen molar-refractivity contribution in [2.24, 2.45) is 0 Å². The monoisotopic (exact) mass is 254 g/mol. The molecule has 1 aliphatic rings. The van der Waals surface area contributed by atoms with E-state index in [4.69, 9.17) is 4.28 Å². The summed E-state index contributed by atoms with van der Waals surface area (Å²) >= 11 is 1.34. The van der Waals surface area contributed by atoms with Crippen LogP contribution in [0.5, 0.6) is 0 Å². The molecule has 0 amide bonds. The number of anilines is 1. The van der Waals surface area contributed by atoms with Crippen LogP contribution in [0.2, 0.25) is 0 Å². The lowest BCUT2D eigenvalue weighted by Crippen LogP contribution is -2.53.